The molecule has 0 aliphatic carbocycles. The van der Waals surface area contributed by atoms with Crippen LogP contribution in [0.3, 0.4) is 0 Å². The van der Waals surface area contributed by atoms with E-state index in [1.54, 1.807) is 49.6 Å². The highest BCUT2D eigenvalue weighted by Crippen LogP contribution is 2.31. The molecular weight excluding hydrogens is 474 g/mol. The Kier molecular flexibility index (Phi) is 7.62. The molecule has 0 saturated heterocycles. The normalized spacial score (nSPS) is 10.6. The number of methoxy groups -OCH3 is 2. The smallest absolute Gasteiger partial charge is 0.271 e. The fourth-order valence-corrected chi connectivity index (χ4v) is 3.43. The zero-order valence-electron chi connectivity index (χ0n) is 17.8. The fraction of sp³-hybridized carbons (Fsp3) is 0.125. The van der Waals surface area contributed by atoms with Crippen LogP contribution in [0, 0.1) is 6.92 Å². The number of nitrogens with one attached hydrogen (secondary N) is 2. The van der Waals surface area contributed by atoms with Gasteiger partial charge in [0.2, 0.25) is 0 Å². The third-order valence-corrected chi connectivity index (χ3v) is 5.18. The van der Waals surface area contributed by atoms with Crippen LogP contribution in [-0.4, -0.2) is 32.2 Å². The van der Waals surface area contributed by atoms with Crippen LogP contribution in [-0.2, 0) is 0 Å². The van der Waals surface area contributed by atoms with Gasteiger partial charge in [0.1, 0.15) is 11.5 Å². The molecule has 2 amide bonds. The van der Waals surface area contributed by atoms with Crippen molar-refractivity contribution in [1.29, 1.82) is 0 Å². The molecule has 0 bridgehead atoms. The molecule has 0 aliphatic rings. The Hall–Kier alpha value is -3.65. The van der Waals surface area contributed by atoms with Gasteiger partial charge in [-0.15, -0.1) is 0 Å². The first-order chi connectivity index (χ1) is 15.4. The van der Waals surface area contributed by atoms with Crippen molar-refractivity contribution in [1.82, 2.24) is 5.43 Å². The number of benzene rings is 3. The molecule has 0 atom stereocenters. The number of aryl methyl sites for hydroxylation is 1. The second-order valence-corrected chi connectivity index (χ2v) is 7.68. The summed E-state index contributed by atoms with van der Waals surface area (Å²) in [6.45, 7) is 1.93. The molecule has 0 spiro atoms. The van der Waals surface area contributed by atoms with Crippen LogP contribution in [0.2, 0.25) is 0 Å². The summed E-state index contributed by atoms with van der Waals surface area (Å²) in [6, 6.07) is 17.4. The molecule has 3 aromatic carbocycles. The van der Waals surface area contributed by atoms with Gasteiger partial charge >= 0.3 is 0 Å². The zero-order valence-corrected chi connectivity index (χ0v) is 19.4. The van der Waals surface area contributed by atoms with Gasteiger partial charge in [-0.2, -0.15) is 5.10 Å². The molecule has 3 aromatic rings. The Morgan fingerprint density at radius 2 is 1.62 bits per heavy atom. The van der Waals surface area contributed by atoms with Gasteiger partial charge in [0.25, 0.3) is 11.8 Å². The summed E-state index contributed by atoms with van der Waals surface area (Å²) in [4.78, 5) is 24.7. The number of amides is 2. The minimum atomic E-state index is -0.385. The fourth-order valence-electron chi connectivity index (χ4n) is 2.90. The highest BCUT2D eigenvalue weighted by molar-refractivity contribution is 9.10. The SMILES string of the molecule is COc1cc(OC)c(C=NNC(=O)c2ccc(NC(=O)c3cccc(C)c3)cc2)cc1Br. The van der Waals surface area contributed by atoms with Gasteiger partial charge in [-0.1, -0.05) is 17.7 Å². The van der Waals surface area contributed by atoms with Crippen LogP contribution in [0.15, 0.2) is 70.2 Å². The second-order valence-electron chi connectivity index (χ2n) is 6.83. The van der Waals surface area contributed by atoms with Gasteiger partial charge in [0.15, 0.2) is 0 Å². The van der Waals surface area contributed by atoms with E-state index in [0.717, 1.165) is 10.0 Å². The van der Waals surface area contributed by atoms with Gasteiger partial charge in [-0.05, 0) is 65.3 Å². The Balaban J connectivity index is 1.63. The van der Waals surface area contributed by atoms with Crippen molar-refractivity contribution in [3.8, 4) is 11.5 Å². The summed E-state index contributed by atoms with van der Waals surface area (Å²) in [5.41, 5.74) is 5.71. The minimum absolute atomic E-state index is 0.213. The first kappa shape index (κ1) is 23.0. The van der Waals surface area contributed by atoms with E-state index in [4.69, 9.17) is 9.47 Å². The molecule has 164 valence electrons. The van der Waals surface area contributed by atoms with Crippen LogP contribution in [0.25, 0.3) is 0 Å². The van der Waals surface area contributed by atoms with Crippen LogP contribution in [0.5, 0.6) is 11.5 Å². The maximum absolute atomic E-state index is 12.4. The Morgan fingerprint density at radius 1 is 0.906 bits per heavy atom. The maximum Gasteiger partial charge on any atom is 0.271 e. The number of ether oxygens (including phenoxy) is 2. The van der Waals surface area contributed by atoms with E-state index in [1.807, 2.05) is 25.1 Å². The number of carbonyl (C=O) groups is 2. The average molecular weight is 496 g/mol. The van der Waals surface area contributed by atoms with Crippen molar-refractivity contribution in [2.75, 3.05) is 19.5 Å². The molecule has 3 rings (SSSR count). The van der Waals surface area contributed by atoms with Gasteiger partial charge in [0, 0.05) is 28.4 Å². The molecule has 7 nitrogen and oxygen atoms in total. The number of hydrogen-bond donors (Lipinski definition) is 2. The van der Waals surface area contributed by atoms with Gasteiger partial charge < -0.3 is 14.8 Å². The van der Waals surface area contributed by atoms with Crippen LogP contribution >= 0.6 is 15.9 Å². The van der Waals surface area contributed by atoms with Gasteiger partial charge in [0.05, 0.1) is 24.9 Å². The van der Waals surface area contributed by atoms with E-state index >= 15 is 0 Å². The lowest BCUT2D eigenvalue weighted by molar-refractivity contribution is 0.0954. The molecule has 2 N–H and O–H groups in total. The van der Waals surface area contributed by atoms with E-state index < -0.39 is 0 Å². The first-order valence-corrected chi connectivity index (χ1v) is 10.4. The number of hydrazone groups is 1. The quantitative estimate of drug-likeness (QED) is 0.364. The van der Waals surface area contributed by atoms with E-state index in [0.29, 0.717) is 33.9 Å². The van der Waals surface area contributed by atoms with Crippen molar-refractivity contribution in [2.24, 2.45) is 5.10 Å². The summed E-state index contributed by atoms with van der Waals surface area (Å²) in [5, 5.41) is 6.82. The number of anilines is 1. The number of carbonyl (C=O) groups excluding carboxylic acids is 2. The average Bonchev–Trinajstić information content (AvgIpc) is 2.79. The molecular formula is C24H22BrN3O4. The van der Waals surface area contributed by atoms with Crippen LogP contribution < -0.4 is 20.2 Å². The third-order valence-electron chi connectivity index (χ3n) is 4.56. The van der Waals surface area contributed by atoms with Crippen molar-refractivity contribution >= 4 is 39.6 Å². The summed E-state index contributed by atoms with van der Waals surface area (Å²) in [7, 11) is 3.10. The molecule has 8 heteroatoms. The monoisotopic (exact) mass is 495 g/mol. The molecule has 0 saturated carbocycles. The van der Waals surface area contributed by atoms with E-state index in [-0.39, 0.29) is 11.8 Å². The van der Waals surface area contributed by atoms with Crippen LogP contribution in [0.4, 0.5) is 5.69 Å². The van der Waals surface area contributed by atoms with Crippen molar-refractivity contribution in [3.05, 3.63) is 87.4 Å². The topological polar surface area (TPSA) is 89.0 Å². The number of halogens is 1. The van der Waals surface area contributed by atoms with Crippen molar-refractivity contribution in [3.63, 3.8) is 0 Å². The molecule has 0 aromatic heterocycles. The Labute approximate surface area is 194 Å². The summed E-state index contributed by atoms with van der Waals surface area (Å²) in [6.07, 6.45) is 1.48. The predicted molar refractivity (Wildman–Crippen MR) is 128 cm³/mol. The summed E-state index contributed by atoms with van der Waals surface area (Å²) in [5.74, 6) is 0.578. The third kappa shape index (κ3) is 5.73. The van der Waals surface area contributed by atoms with Gasteiger partial charge in [-0.3, -0.25) is 9.59 Å². The molecule has 32 heavy (non-hydrogen) atoms. The number of rotatable bonds is 7. The standard InChI is InChI=1S/C24H22BrN3O4/c1-15-5-4-6-17(11-15)23(29)27-19-9-7-16(8-10-19)24(30)28-26-14-18-12-20(25)22(32-3)13-21(18)31-2/h4-14H,1-3H3,(H,27,29)(H,28,30). The van der Waals surface area contributed by atoms with E-state index in [2.05, 4.69) is 31.8 Å². The Morgan fingerprint density at radius 3 is 2.28 bits per heavy atom. The molecule has 0 unspecified atom stereocenters. The van der Waals surface area contributed by atoms with E-state index in [1.165, 1.54) is 13.3 Å². The lowest BCUT2D eigenvalue weighted by Crippen LogP contribution is -2.18. The molecule has 0 radical (unpaired) electrons. The number of hydrogen-bond acceptors (Lipinski definition) is 5. The zero-order chi connectivity index (χ0) is 23.1. The highest BCUT2D eigenvalue weighted by atomic mass is 79.9. The molecule has 0 aliphatic heterocycles. The number of nitrogens with zero attached hydrogens (tertiary/aromatic N) is 1. The molecule has 0 fully saturated rings. The first-order valence-electron chi connectivity index (χ1n) is 9.64. The largest absolute Gasteiger partial charge is 0.496 e. The predicted octanol–water partition coefficient (Wildman–Crippen LogP) is 4.79. The van der Waals surface area contributed by atoms with Gasteiger partial charge in [-0.25, -0.2) is 5.43 Å². The highest BCUT2D eigenvalue weighted by Gasteiger charge is 2.10. The van der Waals surface area contributed by atoms with Crippen molar-refractivity contribution in [2.45, 2.75) is 6.92 Å². The Bertz CT molecular complexity index is 1160. The summed E-state index contributed by atoms with van der Waals surface area (Å²) >= 11 is 3.41. The lowest BCUT2D eigenvalue weighted by atomic mass is 10.1. The van der Waals surface area contributed by atoms with Crippen molar-refractivity contribution < 1.29 is 19.1 Å². The minimum Gasteiger partial charge on any atom is -0.496 e. The molecule has 0 heterocycles. The lowest BCUT2D eigenvalue weighted by Gasteiger charge is -2.09. The maximum atomic E-state index is 12.4. The second kappa shape index (κ2) is 10.6. The summed E-state index contributed by atoms with van der Waals surface area (Å²) < 4.78 is 11.3. The van der Waals surface area contributed by atoms with E-state index in [9.17, 15) is 9.59 Å². The van der Waals surface area contributed by atoms with Crippen LogP contribution in [0.1, 0.15) is 31.8 Å².